The van der Waals surface area contributed by atoms with Crippen LogP contribution < -0.4 is 31.8 Å². The Kier molecular flexibility index (Phi) is 7.96. The Morgan fingerprint density at radius 2 is 0.375 bits per heavy atom. The van der Waals surface area contributed by atoms with Gasteiger partial charge in [0.1, 0.15) is 31.8 Å². The van der Waals surface area contributed by atoms with Crippen LogP contribution in [0.25, 0.3) is 0 Å². The molecular weight excluding hydrogens is 526 g/mol. The number of benzene rings is 6. The van der Waals surface area contributed by atoms with Crippen molar-refractivity contribution < 1.29 is 9.35 Å². The van der Waals surface area contributed by atoms with E-state index in [1.165, 1.54) is 0 Å². The predicted octanol–water partition coefficient (Wildman–Crippen LogP) is 6.75. The molecule has 0 saturated carbocycles. The second-order valence-corrected chi connectivity index (χ2v) is 15.2. The van der Waals surface area contributed by atoms with Gasteiger partial charge in [0.2, 0.25) is 0 Å². The van der Waals surface area contributed by atoms with Gasteiger partial charge in [0.05, 0.1) is 0 Å². The summed E-state index contributed by atoms with van der Waals surface area (Å²) in [5.41, 5.74) is 0. The van der Waals surface area contributed by atoms with Crippen LogP contribution in [-0.2, 0) is 9.35 Å². The van der Waals surface area contributed by atoms with Crippen LogP contribution in [0, 0.1) is 0 Å². The minimum Gasteiger partial charge on any atom is -0.0620 e. The lowest BCUT2D eigenvalue weighted by Gasteiger charge is -2.28. The molecular formula is C36H30O2P2+2. The smallest absolute Gasteiger partial charge is 0.0620 e. The third-order valence-electron chi connectivity index (χ3n) is 6.98. The Morgan fingerprint density at radius 3 is 0.525 bits per heavy atom. The maximum Gasteiger partial charge on any atom is 0.288 e. The van der Waals surface area contributed by atoms with Gasteiger partial charge in [-0.1, -0.05) is 109 Å². The van der Waals surface area contributed by atoms with Crippen LogP contribution in [0.1, 0.15) is 0 Å². The van der Waals surface area contributed by atoms with Crippen LogP contribution in [0.4, 0.5) is 0 Å². The van der Waals surface area contributed by atoms with E-state index in [-0.39, 0.29) is 0 Å². The minimum atomic E-state index is -2.71. The molecule has 2 nitrogen and oxygen atoms in total. The highest BCUT2D eigenvalue weighted by Gasteiger charge is 2.57. The van der Waals surface area contributed by atoms with Crippen LogP contribution in [0.2, 0.25) is 0 Å². The SMILES string of the molecule is c1ccc([P+](OO[P+](c2ccccc2)(c2ccccc2)c2ccccc2)(c2ccccc2)c2ccccc2)cc1. The lowest BCUT2D eigenvalue weighted by Crippen LogP contribution is -2.37. The van der Waals surface area contributed by atoms with E-state index >= 15 is 0 Å². The van der Waals surface area contributed by atoms with Crippen LogP contribution in [0.5, 0.6) is 0 Å². The van der Waals surface area contributed by atoms with Gasteiger partial charge in [0, 0.05) is 0 Å². The molecule has 6 rings (SSSR count). The first-order valence-corrected chi connectivity index (χ1v) is 16.8. The molecule has 0 N–H and O–H groups in total. The van der Waals surface area contributed by atoms with Crippen molar-refractivity contribution in [3.8, 4) is 0 Å². The minimum absolute atomic E-state index is 1.10. The van der Waals surface area contributed by atoms with Crippen molar-refractivity contribution in [3.63, 3.8) is 0 Å². The summed E-state index contributed by atoms with van der Waals surface area (Å²) in [6.07, 6.45) is 0. The van der Waals surface area contributed by atoms with E-state index in [1.54, 1.807) is 0 Å². The van der Waals surface area contributed by atoms with E-state index in [0.717, 1.165) is 31.8 Å². The molecule has 194 valence electrons. The monoisotopic (exact) mass is 556 g/mol. The summed E-state index contributed by atoms with van der Waals surface area (Å²) >= 11 is 0. The quantitative estimate of drug-likeness (QED) is 0.111. The number of rotatable bonds is 9. The molecule has 0 aliphatic heterocycles. The highest BCUT2D eigenvalue weighted by molar-refractivity contribution is 7.93. The van der Waals surface area contributed by atoms with Crippen molar-refractivity contribution in [1.82, 2.24) is 0 Å². The second kappa shape index (κ2) is 12.1. The predicted molar refractivity (Wildman–Crippen MR) is 172 cm³/mol. The fourth-order valence-electron chi connectivity index (χ4n) is 5.08. The zero-order valence-electron chi connectivity index (χ0n) is 22.0. The van der Waals surface area contributed by atoms with Crippen LogP contribution >= 0.6 is 15.0 Å². The average Bonchev–Trinajstić information content (AvgIpc) is 3.06. The summed E-state index contributed by atoms with van der Waals surface area (Å²) in [5.74, 6) is 0. The molecule has 0 fully saturated rings. The van der Waals surface area contributed by atoms with Gasteiger partial charge in [-0.25, -0.2) is 0 Å². The normalized spacial score (nSPS) is 11.7. The first-order chi connectivity index (χ1) is 19.8. The molecule has 0 heterocycles. The molecule has 4 heteroatoms. The lowest BCUT2D eigenvalue weighted by atomic mass is 10.4. The zero-order valence-corrected chi connectivity index (χ0v) is 23.8. The molecule has 0 amide bonds. The molecule has 0 unspecified atom stereocenters. The van der Waals surface area contributed by atoms with Gasteiger partial charge in [-0.2, -0.15) is 0 Å². The van der Waals surface area contributed by atoms with Crippen LogP contribution in [0.15, 0.2) is 182 Å². The highest BCUT2D eigenvalue weighted by atomic mass is 31.2. The molecule has 0 aliphatic carbocycles. The van der Waals surface area contributed by atoms with Crippen molar-refractivity contribution in [2.75, 3.05) is 0 Å². The Labute approximate surface area is 237 Å². The topological polar surface area (TPSA) is 18.5 Å². The van der Waals surface area contributed by atoms with Crippen molar-refractivity contribution in [1.29, 1.82) is 0 Å². The molecule has 0 spiro atoms. The van der Waals surface area contributed by atoms with Crippen molar-refractivity contribution in [2.24, 2.45) is 0 Å². The van der Waals surface area contributed by atoms with E-state index in [9.17, 15) is 0 Å². The summed E-state index contributed by atoms with van der Waals surface area (Å²) in [6.45, 7) is 0. The Bertz CT molecular complexity index is 1290. The second-order valence-electron chi connectivity index (χ2n) is 9.38. The summed E-state index contributed by atoms with van der Waals surface area (Å²) in [6, 6.07) is 63.1. The zero-order chi connectivity index (χ0) is 27.1. The fourth-order valence-corrected chi connectivity index (χ4v) is 11.7. The standard InChI is InChI=1S/C36H30O2P2/c1-7-19-31(20-8-1)39(32-21-9-2-10-22-32,33-23-11-3-12-24-33)37-38-40(34-25-13-4-14-26-34,35-27-15-5-16-28-35)36-29-17-6-18-30-36/h1-30H/q+2. The Morgan fingerprint density at radius 1 is 0.225 bits per heavy atom. The Balaban J connectivity index is 1.62. The summed E-state index contributed by atoms with van der Waals surface area (Å²) in [7, 11) is -5.41. The van der Waals surface area contributed by atoms with Gasteiger partial charge in [0.25, 0.3) is 15.0 Å². The van der Waals surface area contributed by atoms with Gasteiger partial charge < -0.3 is 0 Å². The van der Waals surface area contributed by atoms with E-state index in [1.807, 2.05) is 36.4 Å². The average molecular weight is 557 g/mol. The molecule has 0 radical (unpaired) electrons. The molecule has 40 heavy (non-hydrogen) atoms. The van der Waals surface area contributed by atoms with Crippen molar-refractivity contribution in [3.05, 3.63) is 182 Å². The molecule has 0 aliphatic rings. The Hall–Kier alpha value is -3.90. The molecule has 6 aromatic carbocycles. The van der Waals surface area contributed by atoms with Gasteiger partial charge in [-0.3, -0.25) is 0 Å². The van der Waals surface area contributed by atoms with Crippen LogP contribution in [-0.4, -0.2) is 0 Å². The van der Waals surface area contributed by atoms with E-state index < -0.39 is 15.0 Å². The van der Waals surface area contributed by atoms with Crippen LogP contribution in [0.3, 0.4) is 0 Å². The first kappa shape index (κ1) is 26.3. The summed E-state index contributed by atoms with van der Waals surface area (Å²) in [5, 5.41) is 6.58. The molecule has 6 aromatic rings. The largest absolute Gasteiger partial charge is 0.288 e. The van der Waals surface area contributed by atoms with Crippen molar-refractivity contribution in [2.45, 2.75) is 0 Å². The fraction of sp³-hybridized carbons (Fsp3) is 0. The van der Waals surface area contributed by atoms with E-state index in [0.29, 0.717) is 0 Å². The van der Waals surface area contributed by atoms with Gasteiger partial charge >= 0.3 is 0 Å². The van der Waals surface area contributed by atoms with Gasteiger partial charge in [-0.15, -0.1) is 0 Å². The van der Waals surface area contributed by atoms with E-state index in [2.05, 4.69) is 146 Å². The van der Waals surface area contributed by atoms with Crippen molar-refractivity contribution >= 4 is 46.8 Å². The summed E-state index contributed by atoms with van der Waals surface area (Å²) < 4.78 is 14.4. The van der Waals surface area contributed by atoms with Gasteiger partial charge in [-0.05, 0) is 82.1 Å². The van der Waals surface area contributed by atoms with E-state index in [4.69, 9.17) is 9.35 Å². The maximum absolute atomic E-state index is 7.18. The lowest BCUT2D eigenvalue weighted by molar-refractivity contribution is -0.0763. The third kappa shape index (κ3) is 4.92. The molecule has 0 bridgehead atoms. The van der Waals surface area contributed by atoms with Gasteiger partial charge in [0.15, 0.2) is 0 Å². The third-order valence-corrected chi connectivity index (χ3v) is 13.8. The number of hydrogen-bond acceptors (Lipinski definition) is 2. The summed E-state index contributed by atoms with van der Waals surface area (Å²) in [4.78, 5) is 0. The highest BCUT2D eigenvalue weighted by Crippen LogP contribution is 2.64. The molecule has 0 aromatic heterocycles. The maximum atomic E-state index is 7.18. The molecule has 0 saturated heterocycles. The first-order valence-electron chi connectivity index (χ1n) is 13.3. The number of hydrogen-bond donors (Lipinski definition) is 0. The molecule has 0 atom stereocenters.